The van der Waals surface area contributed by atoms with E-state index < -0.39 is 11.1 Å². The van der Waals surface area contributed by atoms with Gasteiger partial charge in [-0.2, -0.15) is 0 Å². The van der Waals surface area contributed by atoms with Crippen LogP contribution in [0.4, 0.5) is 0 Å². The van der Waals surface area contributed by atoms with Gasteiger partial charge in [0.25, 0.3) is 0 Å². The maximum atomic E-state index is 12.2. The van der Waals surface area contributed by atoms with E-state index >= 15 is 0 Å². The molecule has 0 saturated carbocycles. The number of nitrogens with zero attached hydrogens (tertiary/aromatic N) is 1. The van der Waals surface area contributed by atoms with Crippen LogP contribution in [0.15, 0.2) is 58.1 Å². The Bertz CT molecular complexity index is 1040. The number of amides is 1. The molecule has 0 atom stereocenters. The molecule has 1 aromatic heterocycles. The second kappa shape index (κ2) is 7.36. The van der Waals surface area contributed by atoms with Gasteiger partial charge in [0, 0.05) is 11.6 Å². The van der Waals surface area contributed by atoms with E-state index in [0.29, 0.717) is 29.0 Å². The Balaban J connectivity index is 1.71. The summed E-state index contributed by atoms with van der Waals surface area (Å²) in [5.74, 6) is -0.333. The lowest BCUT2D eigenvalue weighted by molar-refractivity contribution is -0.121. The van der Waals surface area contributed by atoms with Gasteiger partial charge >= 0.3 is 11.1 Å². The van der Waals surface area contributed by atoms with E-state index in [2.05, 4.69) is 10.3 Å². The summed E-state index contributed by atoms with van der Waals surface area (Å²) in [5.41, 5.74) is 0.539. The average Bonchev–Trinajstić information content (AvgIpc) is 2.59. The van der Waals surface area contributed by atoms with Gasteiger partial charge in [-0.1, -0.05) is 35.9 Å². The molecule has 7 heteroatoms. The van der Waals surface area contributed by atoms with Gasteiger partial charge in [0.05, 0.1) is 11.0 Å². The van der Waals surface area contributed by atoms with Crippen molar-refractivity contribution in [3.8, 4) is 0 Å². The minimum Gasteiger partial charge on any atom is -0.354 e. The summed E-state index contributed by atoms with van der Waals surface area (Å²) in [5, 5.41) is 3.40. The lowest BCUT2D eigenvalue weighted by Crippen LogP contribution is -2.40. The summed E-state index contributed by atoms with van der Waals surface area (Å²) in [4.78, 5) is 38.5. The van der Waals surface area contributed by atoms with E-state index in [1.807, 2.05) is 18.2 Å². The van der Waals surface area contributed by atoms with Gasteiger partial charge in [0.2, 0.25) is 5.91 Å². The van der Waals surface area contributed by atoms with Crippen molar-refractivity contribution in [2.45, 2.75) is 13.0 Å². The summed E-state index contributed by atoms with van der Waals surface area (Å²) < 4.78 is 1.18. The third-order valence-corrected chi connectivity index (χ3v) is 4.04. The van der Waals surface area contributed by atoms with E-state index in [9.17, 15) is 14.4 Å². The Morgan fingerprint density at radius 1 is 1.12 bits per heavy atom. The number of H-pyrrole nitrogens is 1. The average molecular weight is 358 g/mol. The van der Waals surface area contributed by atoms with Crippen LogP contribution in [-0.2, 0) is 17.8 Å². The quantitative estimate of drug-likeness (QED) is 0.682. The van der Waals surface area contributed by atoms with Gasteiger partial charge in [-0.15, -0.1) is 0 Å². The van der Waals surface area contributed by atoms with Crippen molar-refractivity contribution in [1.29, 1.82) is 0 Å². The van der Waals surface area contributed by atoms with E-state index in [1.165, 1.54) is 4.57 Å². The van der Waals surface area contributed by atoms with Crippen molar-refractivity contribution in [1.82, 2.24) is 14.9 Å². The summed E-state index contributed by atoms with van der Waals surface area (Å²) in [6, 6.07) is 14.3. The highest BCUT2D eigenvalue weighted by Crippen LogP contribution is 2.10. The molecule has 0 aliphatic rings. The highest BCUT2D eigenvalue weighted by atomic mass is 35.5. The van der Waals surface area contributed by atoms with Gasteiger partial charge in [0.15, 0.2) is 0 Å². The summed E-state index contributed by atoms with van der Waals surface area (Å²) >= 11 is 5.92. The lowest BCUT2D eigenvalue weighted by atomic mass is 10.1. The van der Waals surface area contributed by atoms with E-state index in [0.717, 1.165) is 5.56 Å². The fourth-order valence-electron chi connectivity index (χ4n) is 2.62. The number of hydrogen-bond donors (Lipinski definition) is 2. The van der Waals surface area contributed by atoms with Crippen molar-refractivity contribution in [3.63, 3.8) is 0 Å². The topological polar surface area (TPSA) is 84.0 Å². The first-order valence-corrected chi connectivity index (χ1v) is 8.15. The van der Waals surface area contributed by atoms with Crippen LogP contribution < -0.4 is 16.4 Å². The zero-order valence-electron chi connectivity index (χ0n) is 13.3. The molecule has 1 amide bonds. The Kier molecular flexibility index (Phi) is 5.00. The molecular weight excluding hydrogens is 342 g/mol. The summed E-state index contributed by atoms with van der Waals surface area (Å²) in [6.45, 7) is 0.202. The molecule has 0 radical (unpaired) electrons. The second-order valence-corrected chi connectivity index (χ2v) is 6.03. The maximum absolute atomic E-state index is 12.2. The molecule has 128 valence electrons. The Hall–Kier alpha value is -2.86. The minimum absolute atomic E-state index is 0.210. The largest absolute Gasteiger partial charge is 0.354 e. The SMILES string of the molecule is O=C(Cn1c(=O)c(=O)[nH]c2ccccc21)NCCc1cccc(Cl)c1. The number of carbonyl (C=O) groups is 1. The monoisotopic (exact) mass is 357 g/mol. The molecule has 1 heterocycles. The molecule has 25 heavy (non-hydrogen) atoms. The van der Waals surface area contributed by atoms with Crippen molar-refractivity contribution >= 4 is 28.5 Å². The molecule has 3 rings (SSSR count). The molecule has 0 aliphatic carbocycles. The van der Waals surface area contributed by atoms with E-state index in [4.69, 9.17) is 11.6 Å². The van der Waals surface area contributed by atoms with Gasteiger partial charge in [0.1, 0.15) is 6.54 Å². The van der Waals surface area contributed by atoms with Gasteiger partial charge in [-0.25, -0.2) is 0 Å². The van der Waals surface area contributed by atoms with Gasteiger partial charge in [-0.05, 0) is 36.2 Å². The molecule has 3 aromatic rings. The van der Waals surface area contributed by atoms with Crippen LogP contribution in [-0.4, -0.2) is 22.0 Å². The van der Waals surface area contributed by atoms with Crippen LogP contribution in [0.2, 0.25) is 5.02 Å². The molecule has 0 aliphatic heterocycles. The van der Waals surface area contributed by atoms with Crippen molar-refractivity contribution < 1.29 is 4.79 Å². The number of aromatic nitrogens is 2. The zero-order valence-corrected chi connectivity index (χ0v) is 14.0. The number of rotatable bonds is 5. The number of nitrogens with one attached hydrogen (secondary N) is 2. The molecule has 2 N–H and O–H groups in total. The standard InChI is InChI=1S/C18H16ClN3O3/c19-13-5-3-4-12(10-13)8-9-20-16(23)11-22-15-7-2-1-6-14(15)21-17(24)18(22)25/h1-7,10H,8-9,11H2,(H,20,23)(H,21,24). The first-order valence-electron chi connectivity index (χ1n) is 7.77. The summed E-state index contributed by atoms with van der Waals surface area (Å²) in [6.07, 6.45) is 0.622. The number of fused-ring (bicyclic) bond motifs is 1. The van der Waals surface area contributed by atoms with Crippen molar-refractivity contribution in [2.75, 3.05) is 6.54 Å². The molecule has 0 fully saturated rings. The van der Waals surface area contributed by atoms with Crippen LogP contribution in [0.5, 0.6) is 0 Å². The minimum atomic E-state index is -0.747. The van der Waals surface area contributed by atoms with Crippen LogP contribution in [0.3, 0.4) is 0 Å². The van der Waals surface area contributed by atoms with Crippen LogP contribution in [0, 0.1) is 0 Å². The van der Waals surface area contributed by atoms with Crippen molar-refractivity contribution in [3.05, 3.63) is 79.8 Å². The second-order valence-electron chi connectivity index (χ2n) is 5.59. The lowest BCUT2D eigenvalue weighted by Gasteiger charge is -2.10. The molecular formula is C18H16ClN3O3. The molecule has 2 aromatic carbocycles. The molecule has 0 saturated heterocycles. The van der Waals surface area contributed by atoms with Crippen LogP contribution in [0.1, 0.15) is 5.56 Å². The van der Waals surface area contributed by atoms with Crippen LogP contribution >= 0.6 is 11.6 Å². The van der Waals surface area contributed by atoms with E-state index in [1.54, 1.807) is 30.3 Å². The van der Waals surface area contributed by atoms with Gasteiger partial charge in [-0.3, -0.25) is 19.0 Å². The number of halogens is 1. The molecule has 6 nitrogen and oxygen atoms in total. The maximum Gasteiger partial charge on any atom is 0.317 e. The van der Waals surface area contributed by atoms with Gasteiger partial charge < -0.3 is 10.3 Å². The summed E-state index contributed by atoms with van der Waals surface area (Å²) in [7, 11) is 0. The number of para-hydroxylation sites is 2. The fraction of sp³-hybridized carbons (Fsp3) is 0.167. The molecule has 0 spiro atoms. The third-order valence-electron chi connectivity index (χ3n) is 3.81. The highest BCUT2D eigenvalue weighted by Gasteiger charge is 2.10. The normalized spacial score (nSPS) is 10.8. The molecule has 0 bridgehead atoms. The van der Waals surface area contributed by atoms with Crippen molar-refractivity contribution in [2.24, 2.45) is 0 Å². The first-order chi connectivity index (χ1) is 12.0. The predicted octanol–water partition coefficient (Wildman–Crippen LogP) is 1.70. The first kappa shape index (κ1) is 17.0. The van der Waals surface area contributed by atoms with Crippen LogP contribution in [0.25, 0.3) is 11.0 Å². The Morgan fingerprint density at radius 2 is 1.92 bits per heavy atom. The zero-order chi connectivity index (χ0) is 17.8. The Labute approximate surface area is 148 Å². The fourth-order valence-corrected chi connectivity index (χ4v) is 2.83. The predicted molar refractivity (Wildman–Crippen MR) is 97.0 cm³/mol. The van der Waals surface area contributed by atoms with E-state index in [-0.39, 0.29) is 12.5 Å². The number of aromatic amines is 1. The molecule has 0 unspecified atom stereocenters. The Morgan fingerprint density at radius 3 is 2.72 bits per heavy atom. The number of benzene rings is 2. The number of carbonyl (C=O) groups excluding carboxylic acids is 1. The third kappa shape index (κ3) is 3.97. The number of hydrogen-bond acceptors (Lipinski definition) is 3. The smallest absolute Gasteiger partial charge is 0.317 e. The highest BCUT2D eigenvalue weighted by molar-refractivity contribution is 6.30.